The van der Waals surface area contributed by atoms with E-state index >= 15 is 0 Å². The van der Waals surface area contributed by atoms with Crippen molar-refractivity contribution in [1.82, 2.24) is 0 Å². The Balaban J connectivity index is 1.55. The maximum atomic E-state index is 12.3. The minimum atomic E-state index is -3.33. The Kier molecular flexibility index (Phi) is 2.98. The highest BCUT2D eigenvalue weighted by Gasteiger charge is 2.49. The summed E-state index contributed by atoms with van der Waals surface area (Å²) in [6.45, 7) is 2.40. The van der Waals surface area contributed by atoms with E-state index in [0.29, 0.717) is 17.7 Å². The highest BCUT2D eigenvalue weighted by molar-refractivity contribution is 7.91. The molecule has 0 N–H and O–H groups in total. The zero-order valence-electron chi connectivity index (χ0n) is 12.8. The molecular formula is C16H25NO3S. The Labute approximate surface area is 127 Å². The van der Waals surface area contributed by atoms with E-state index in [0.717, 1.165) is 19.3 Å². The number of rotatable bonds is 2. The van der Waals surface area contributed by atoms with Crippen LogP contribution in [0.3, 0.4) is 0 Å². The smallest absolute Gasteiger partial charge is 0.262 e. The third-order valence-electron chi connectivity index (χ3n) is 6.59. The quantitative estimate of drug-likeness (QED) is 0.785. The van der Waals surface area contributed by atoms with Crippen LogP contribution in [-0.4, -0.2) is 25.7 Å². The number of ether oxygens (including phenoxy) is 1. The van der Waals surface area contributed by atoms with Crippen molar-refractivity contribution in [2.24, 2.45) is 15.2 Å². The van der Waals surface area contributed by atoms with Gasteiger partial charge in [-0.25, -0.2) is 8.42 Å². The van der Waals surface area contributed by atoms with Crippen molar-refractivity contribution in [3.63, 3.8) is 0 Å². The van der Waals surface area contributed by atoms with Gasteiger partial charge in [0.05, 0.1) is 0 Å². The van der Waals surface area contributed by atoms with Crippen LogP contribution in [0.4, 0.5) is 0 Å². The first-order valence-corrected chi connectivity index (χ1v) is 9.90. The highest BCUT2D eigenvalue weighted by atomic mass is 32.2. The van der Waals surface area contributed by atoms with Gasteiger partial charge in [0.15, 0.2) is 0 Å². The van der Waals surface area contributed by atoms with Gasteiger partial charge < -0.3 is 4.74 Å². The van der Waals surface area contributed by atoms with Crippen molar-refractivity contribution < 1.29 is 13.2 Å². The number of nitrogens with zero attached hydrogens (tertiary/aromatic N) is 1. The molecule has 5 rings (SSSR count). The zero-order chi connectivity index (χ0) is 14.7. The van der Waals surface area contributed by atoms with Crippen LogP contribution in [0.1, 0.15) is 71.1 Å². The topological polar surface area (TPSA) is 55.7 Å². The van der Waals surface area contributed by atoms with Crippen LogP contribution in [0, 0.1) is 10.8 Å². The van der Waals surface area contributed by atoms with Crippen molar-refractivity contribution in [2.75, 3.05) is 0 Å². The summed E-state index contributed by atoms with van der Waals surface area (Å²) in [5.41, 5.74) is 0.803. The molecule has 0 spiro atoms. The first-order chi connectivity index (χ1) is 9.90. The highest BCUT2D eigenvalue weighted by Crippen LogP contribution is 2.58. The van der Waals surface area contributed by atoms with Crippen molar-refractivity contribution in [2.45, 2.75) is 82.5 Å². The average molecular weight is 311 g/mol. The first kappa shape index (κ1) is 14.0. The Morgan fingerprint density at radius 2 is 1.81 bits per heavy atom. The normalized spacial score (nSPS) is 47.6. The number of sulfonamides is 1. The van der Waals surface area contributed by atoms with Crippen LogP contribution < -0.4 is 0 Å². The second kappa shape index (κ2) is 4.46. The third-order valence-corrected chi connectivity index (χ3v) is 8.36. The van der Waals surface area contributed by atoms with E-state index in [-0.39, 0.29) is 16.8 Å². The predicted octanol–water partition coefficient (Wildman–Crippen LogP) is 3.42. The summed E-state index contributed by atoms with van der Waals surface area (Å²) in [5.74, 6) is 0.517. The summed E-state index contributed by atoms with van der Waals surface area (Å²) in [4.78, 5) is 0. The third kappa shape index (κ3) is 2.32. The molecule has 0 radical (unpaired) electrons. The van der Waals surface area contributed by atoms with E-state index in [2.05, 4.69) is 11.3 Å². The lowest BCUT2D eigenvalue weighted by molar-refractivity contribution is 0.00322. The molecule has 2 unspecified atom stereocenters. The molecule has 21 heavy (non-hydrogen) atoms. The van der Waals surface area contributed by atoms with Crippen LogP contribution in [0.5, 0.6) is 0 Å². The van der Waals surface area contributed by atoms with E-state index in [1.807, 2.05) is 0 Å². The van der Waals surface area contributed by atoms with E-state index < -0.39 is 10.0 Å². The molecule has 1 aliphatic heterocycles. The number of fused-ring (bicyclic) bond motifs is 4. The SMILES string of the molecule is CC12CCC(CC3=NS(=O)(=O)C4CCCC4O3)(CC1)CC2. The molecule has 4 nitrogen and oxygen atoms in total. The molecule has 0 saturated heterocycles. The van der Waals surface area contributed by atoms with Gasteiger partial charge in [0, 0.05) is 6.42 Å². The van der Waals surface area contributed by atoms with Crippen LogP contribution in [0.2, 0.25) is 0 Å². The fourth-order valence-electron chi connectivity index (χ4n) is 4.88. The van der Waals surface area contributed by atoms with E-state index in [4.69, 9.17) is 4.74 Å². The summed E-state index contributed by atoms with van der Waals surface area (Å²) < 4.78 is 34.6. The molecule has 4 saturated carbocycles. The number of hydrogen-bond acceptors (Lipinski definition) is 3. The average Bonchev–Trinajstić information content (AvgIpc) is 2.89. The largest absolute Gasteiger partial charge is 0.475 e. The van der Waals surface area contributed by atoms with Gasteiger partial charge >= 0.3 is 0 Å². The maximum Gasteiger partial charge on any atom is 0.262 e. The predicted molar refractivity (Wildman–Crippen MR) is 81.7 cm³/mol. The molecule has 4 aliphatic carbocycles. The van der Waals surface area contributed by atoms with Crippen LogP contribution >= 0.6 is 0 Å². The lowest BCUT2D eigenvalue weighted by Crippen LogP contribution is -2.44. The van der Waals surface area contributed by atoms with Gasteiger partial charge in [0.2, 0.25) is 5.90 Å². The van der Waals surface area contributed by atoms with Crippen molar-refractivity contribution in [3.05, 3.63) is 0 Å². The fraction of sp³-hybridized carbons (Fsp3) is 0.938. The van der Waals surface area contributed by atoms with Crippen molar-refractivity contribution in [1.29, 1.82) is 0 Å². The van der Waals surface area contributed by atoms with Gasteiger partial charge in [0.1, 0.15) is 11.4 Å². The molecular weight excluding hydrogens is 286 g/mol. The Morgan fingerprint density at radius 3 is 2.48 bits per heavy atom. The van der Waals surface area contributed by atoms with Gasteiger partial charge in [-0.1, -0.05) is 6.92 Å². The van der Waals surface area contributed by atoms with Crippen LogP contribution in [0.25, 0.3) is 0 Å². The van der Waals surface area contributed by atoms with Gasteiger partial charge in [-0.3, -0.25) is 0 Å². The summed E-state index contributed by atoms with van der Waals surface area (Å²) in [5, 5.41) is -0.375. The van der Waals surface area contributed by atoms with Crippen molar-refractivity contribution in [3.8, 4) is 0 Å². The molecule has 0 aromatic heterocycles. The zero-order valence-corrected chi connectivity index (χ0v) is 13.6. The van der Waals surface area contributed by atoms with Gasteiger partial charge in [-0.2, -0.15) is 0 Å². The molecule has 0 aromatic carbocycles. The van der Waals surface area contributed by atoms with Gasteiger partial charge in [-0.05, 0) is 68.6 Å². The van der Waals surface area contributed by atoms with Crippen LogP contribution in [-0.2, 0) is 14.8 Å². The van der Waals surface area contributed by atoms with E-state index in [9.17, 15) is 8.42 Å². The van der Waals surface area contributed by atoms with Gasteiger partial charge in [-0.15, -0.1) is 4.40 Å². The van der Waals surface area contributed by atoms with E-state index in [1.54, 1.807) is 0 Å². The molecule has 5 heteroatoms. The molecule has 0 amide bonds. The second-order valence-corrected chi connectivity index (χ2v) is 9.93. The lowest BCUT2D eigenvalue weighted by Gasteiger charge is -2.52. The molecule has 4 fully saturated rings. The Morgan fingerprint density at radius 1 is 1.14 bits per heavy atom. The Hall–Kier alpha value is -0.580. The summed E-state index contributed by atoms with van der Waals surface area (Å²) in [6.07, 6.45) is 10.6. The monoisotopic (exact) mass is 311 g/mol. The molecule has 5 aliphatic rings. The standard InChI is InChI=1S/C16H25NO3S/c1-15-5-8-16(9-6-15,10-7-15)11-14-17-21(18,19)13-4-2-3-12(13)20-14/h12-13H,2-11H2,1H3. The molecule has 2 atom stereocenters. The summed E-state index contributed by atoms with van der Waals surface area (Å²) in [7, 11) is -3.33. The van der Waals surface area contributed by atoms with E-state index in [1.165, 1.54) is 38.5 Å². The first-order valence-electron chi connectivity index (χ1n) is 8.39. The van der Waals surface area contributed by atoms with Gasteiger partial charge in [0.25, 0.3) is 10.0 Å². The maximum absolute atomic E-state index is 12.3. The number of hydrogen-bond donors (Lipinski definition) is 0. The minimum Gasteiger partial charge on any atom is -0.475 e. The molecule has 2 bridgehead atoms. The van der Waals surface area contributed by atoms with Crippen LogP contribution in [0.15, 0.2) is 4.40 Å². The summed E-state index contributed by atoms with van der Waals surface area (Å²) in [6, 6.07) is 0. The second-order valence-electron chi connectivity index (χ2n) is 8.11. The fourth-order valence-corrected chi connectivity index (χ4v) is 6.45. The molecule has 0 aromatic rings. The summed E-state index contributed by atoms with van der Waals surface area (Å²) >= 11 is 0. The molecule has 118 valence electrons. The lowest BCUT2D eigenvalue weighted by atomic mass is 9.53. The minimum absolute atomic E-state index is 0.128. The van der Waals surface area contributed by atoms with Crippen molar-refractivity contribution >= 4 is 15.9 Å². The molecule has 1 heterocycles. The Bertz CT molecular complexity index is 556.